The topological polar surface area (TPSA) is 84.8 Å². The van der Waals surface area contributed by atoms with E-state index in [1.165, 1.54) is 11.3 Å². The van der Waals surface area contributed by atoms with Crippen LogP contribution in [0.25, 0.3) is 5.13 Å². The fourth-order valence-corrected chi connectivity index (χ4v) is 4.64. The van der Waals surface area contributed by atoms with E-state index in [0.29, 0.717) is 23.1 Å². The summed E-state index contributed by atoms with van der Waals surface area (Å²) in [6.07, 6.45) is 1.84. The molecule has 1 aromatic carbocycles. The second kappa shape index (κ2) is 8.56. The highest BCUT2D eigenvalue weighted by Crippen LogP contribution is 2.32. The fourth-order valence-electron chi connectivity index (χ4n) is 3.75. The third kappa shape index (κ3) is 4.08. The lowest BCUT2D eigenvalue weighted by Crippen LogP contribution is -2.46. The quantitative estimate of drug-likeness (QED) is 0.629. The average Bonchev–Trinajstić information content (AvgIpc) is 3.57. The first-order valence-electron chi connectivity index (χ1n) is 10.4. The zero-order valence-corrected chi connectivity index (χ0v) is 18.1. The Bertz CT molecular complexity index is 1070. The van der Waals surface area contributed by atoms with Crippen LogP contribution in [0.1, 0.15) is 23.0 Å². The standard InChI is InChI=1S/C21H24N6O3S/c1-2-25-8-10-26(11-9-25)20-23-24-21(31-20)27-7-3-4-16(27)19(28)22-13-15-5-6-17-18(12-15)30-14-29-17/h3-7,12H,2,8-11,13-14H2,1H3,(H,22,28). The molecule has 0 radical (unpaired) electrons. The largest absolute Gasteiger partial charge is 0.454 e. The van der Waals surface area contributed by atoms with E-state index >= 15 is 0 Å². The molecule has 5 rings (SSSR count). The van der Waals surface area contributed by atoms with Crippen molar-refractivity contribution in [3.8, 4) is 16.6 Å². The molecule has 3 aromatic rings. The molecule has 2 aromatic heterocycles. The molecule has 0 spiro atoms. The molecule has 0 aliphatic carbocycles. The predicted octanol–water partition coefficient (Wildman–Crippen LogP) is 2.13. The number of benzene rings is 1. The Labute approximate surface area is 184 Å². The van der Waals surface area contributed by atoms with Gasteiger partial charge in [0.15, 0.2) is 11.5 Å². The van der Waals surface area contributed by atoms with Gasteiger partial charge in [-0.05, 0) is 36.4 Å². The average molecular weight is 441 g/mol. The van der Waals surface area contributed by atoms with Crippen molar-refractivity contribution in [1.29, 1.82) is 0 Å². The summed E-state index contributed by atoms with van der Waals surface area (Å²) in [6, 6.07) is 9.29. The molecule has 2 aliphatic heterocycles. The maximum absolute atomic E-state index is 12.8. The van der Waals surface area contributed by atoms with E-state index in [-0.39, 0.29) is 12.7 Å². The molecule has 9 nitrogen and oxygen atoms in total. The van der Waals surface area contributed by atoms with Gasteiger partial charge in [0, 0.05) is 38.9 Å². The number of amides is 1. The number of carbonyl (C=O) groups is 1. The summed E-state index contributed by atoms with van der Waals surface area (Å²) >= 11 is 1.50. The van der Waals surface area contributed by atoms with Gasteiger partial charge in [-0.2, -0.15) is 0 Å². The van der Waals surface area contributed by atoms with Crippen molar-refractivity contribution in [2.24, 2.45) is 0 Å². The Balaban J connectivity index is 1.25. The lowest BCUT2D eigenvalue weighted by atomic mass is 10.2. The maximum atomic E-state index is 12.8. The van der Waals surface area contributed by atoms with Crippen LogP contribution in [0, 0.1) is 0 Å². The van der Waals surface area contributed by atoms with E-state index < -0.39 is 0 Å². The number of anilines is 1. The molecule has 4 heterocycles. The van der Waals surface area contributed by atoms with Crippen LogP contribution in [-0.4, -0.2) is 65.1 Å². The third-order valence-electron chi connectivity index (χ3n) is 5.57. The number of carbonyl (C=O) groups excluding carboxylic acids is 1. The van der Waals surface area contributed by atoms with E-state index in [0.717, 1.165) is 49.2 Å². The number of hydrogen-bond acceptors (Lipinski definition) is 8. The predicted molar refractivity (Wildman–Crippen MR) is 117 cm³/mol. The molecule has 31 heavy (non-hydrogen) atoms. The highest BCUT2D eigenvalue weighted by molar-refractivity contribution is 7.17. The number of likely N-dealkylation sites (N-methyl/N-ethyl adjacent to an activating group) is 1. The van der Waals surface area contributed by atoms with E-state index in [4.69, 9.17) is 9.47 Å². The molecule has 1 saturated heterocycles. The van der Waals surface area contributed by atoms with Gasteiger partial charge in [-0.3, -0.25) is 9.36 Å². The molecule has 1 N–H and O–H groups in total. The molecular weight excluding hydrogens is 416 g/mol. The molecule has 0 unspecified atom stereocenters. The van der Waals surface area contributed by atoms with Crippen LogP contribution in [0.4, 0.5) is 5.13 Å². The summed E-state index contributed by atoms with van der Waals surface area (Å²) in [6.45, 7) is 7.83. The first-order chi connectivity index (χ1) is 15.2. The Kier molecular flexibility index (Phi) is 5.47. The molecule has 2 aliphatic rings. The lowest BCUT2D eigenvalue weighted by Gasteiger charge is -2.33. The smallest absolute Gasteiger partial charge is 0.268 e. The van der Waals surface area contributed by atoms with Gasteiger partial charge in [0.05, 0.1) is 0 Å². The molecule has 0 saturated carbocycles. The van der Waals surface area contributed by atoms with Crippen LogP contribution >= 0.6 is 11.3 Å². The number of nitrogens with zero attached hydrogens (tertiary/aromatic N) is 5. The maximum Gasteiger partial charge on any atom is 0.268 e. The van der Waals surface area contributed by atoms with Crippen molar-refractivity contribution in [2.75, 3.05) is 44.4 Å². The monoisotopic (exact) mass is 440 g/mol. The van der Waals surface area contributed by atoms with Crippen molar-refractivity contribution >= 4 is 22.4 Å². The van der Waals surface area contributed by atoms with Crippen molar-refractivity contribution in [1.82, 2.24) is 25.0 Å². The van der Waals surface area contributed by atoms with Gasteiger partial charge in [0.25, 0.3) is 5.91 Å². The van der Waals surface area contributed by atoms with Crippen LogP contribution in [0.5, 0.6) is 11.5 Å². The SMILES string of the molecule is CCN1CCN(c2nnc(-n3cccc3C(=O)NCc3ccc4c(c3)OCO4)s2)CC1. The number of ether oxygens (including phenoxy) is 2. The second-order valence-electron chi connectivity index (χ2n) is 7.42. The number of rotatable bonds is 6. The summed E-state index contributed by atoms with van der Waals surface area (Å²) in [4.78, 5) is 17.5. The van der Waals surface area contributed by atoms with Crippen LogP contribution in [0.3, 0.4) is 0 Å². The van der Waals surface area contributed by atoms with Crippen molar-refractivity contribution in [3.05, 3.63) is 47.8 Å². The van der Waals surface area contributed by atoms with Gasteiger partial charge < -0.3 is 24.6 Å². The Hall–Kier alpha value is -3.11. The molecule has 10 heteroatoms. The Morgan fingerprint density at radius 1 is 1.10 bits per heavy atom. The van der Waals surface area contributed by atoms with Crippen LogP contribution in [-0.2, 0) is 6.54 Å². The van der Waals surface area contributed by atoms with Gasteiger partial charge in [-0.1, -0.05) is 24.3 Å². The fraction of sp³-hybridized carbons (Fsp3) is 0.381. The number of hydrogen-bond donors (Lipinski definition) is 1. The number of fused-ring (bicyclic) bond motifs is 1. The van der Waals surface area contributed by atoms with Gasteiger partial charge in [0.2, 0.25) is 17.1 Å². The first kappa shape index (κ1) is 19.8. The molecule has 1 fully saturated rings. The van der Waals surface area contributed by atoms with Gasteiger partial charge in [0.1, 0.15) is 5.69 Å². The van der Waals surface area contributed by atoms with E-state index in [9.17, 15) is 4.79 Å². The van der Waals surface area contributed by atoms with Gasteiger partial charge >= 0.3 is 0 Å². The molecule has 162 valence electrons. The summed E-state index contributed by atoms with van der Waals surface area (Å²) in [5, 5.41) is 13.3. The number of aromatic nitrogens is 3. The van der Waals surface area contributed by atoms with Crippen molar-refractivity contribution in [3.63, 3.8) is 0 Å². The third-order valence-corrected chi connectivity index (χ3v) is 6.55. The Morgan fingerprint density at radius 2 is 1.90 bits per heavy atom. The van der Waals surface area contributed by atoms with Crippen LogP contribution < -0.4 is 19.7 Å². The first-order valence-corrected chi connectivity index (χ1v) is 11.2. The summed E-state index contributed by atoms with van der Waals surface area (Å²) < 4.78 is 12.5. The summed E-state index contributed by atoms with van der Waals surface area (Å²) in [7, 11) is 0. The number of nitrogens with one attached hydrogen (secondary N) is 1. The normalized spacial score (nSPS) is 16.0. The molecular formula is C21H24N6O3S. The summed E-state index contributed by atoms with van der Waals surface area (Å²) in [5.74, 6) is 1.26. The van der Waals surface area contributed by atoms with E-state index in [1.807, 2.05) is 30.5 Å². The minimum absolute atomic E-state index is 0.170. The summed E-state index contributed by atoms with van der Waals surface area (Å²) in [5.41, 5.74) is 1.47. The van der Waals surface area contributed by atoms with Crippen LogP contribution in [0.15, 0.2) is 36.5 Å². The lowest BCUT2D eigenvalue weighted by molar-refractivity contribution is 0.0944. The Morgan fingerprint density at radius 3 is 2.74 bits per heavy atom. The molecule has 0 bridgehead atoms. The minimum atomic E-state index is -0.170. The highest BCUT2D eigenvalue weighted by atomic mass is 32.1. The second-order valence-corrected chi connectivity index (χ2v) is 8.36. The zero-order valence-electron chi connectivity index (χ0n) is 17.3. The van der Waals surface area contributed by atoms with Crippen LogP contribution in [0.2, 0.25) is 0 Å². The van der Waals surface area contributed by atoms with E-state index in [2.05, 4.69) is 32.2 Å². The van der Waals surface area contributed by atoms with Crippen molar-refractivity contribution in [2.45, 2.75) is 13.5 Å². The minimum Gasteiger partial charge on any atom is -0.454 e. The highest BCUT2D eigenvalue weighted by Gasteiger charge is 2.21. The van der Waals surface area contributed by atoms with Gasteiger partial charge in [-0.15, -0.1) is 10.2 Å². The van der Waals surface area contributed by atoms with Crippen molar-refractivity contribution < 1.29 is 14.3 Å². The zero-order chi connectivity index (χ0) is 21.2. The molecule has 0 atom stereocenters. The number of piperazine rings is 1. The van der Waals surface area contributed by atoms with E-state index in [1.54, 1.807) is 10.6 Å². The van der Waals surface area contributed by atoms with Gasteiger partial charge in [-0.25, -0.2) is 0 Å². The molecule has 1 amide bonds.